The Kier molecular flexibility index (Phi) is 6.09. The zero-order valence-corrected chi connectivity index (χ0v) is 15.4. The Morgan fingerprint density at radius 2 is 1.77 bits per heavy atom. The van der Waals surface area contributed by atoms with Crippen LogP contribution in [-0.2, 0) is 10.5 Å². The monoisotopic (exact) mass is 377 g/mol. The zero-order valence-electron chi connectivity index (χ0n) is 13.0. The number of halogens is 1. The molecule has 0 aliphatic rings. The molecule has 2 nitrogen and oxygen atoms in total. The van der Waals surface area contributed by atoms with Gasteiger partial charge in [0.2, 0.25) is 5.91 Å². The molecule has 0 saturated carbocycles. The summed E-state index contributed by atoms with van der Waals surface area (Å²) in [6.45, 7) is 5.98. The number of rotatable bonds is 5. The molecule has 0 bridgehead atoms. The minimum absolute atomic E-state index is 0.0504. The topological polar surface area (TPSA) is 29.1 Å². The Bertz CT molecular complexity index is 652. The number of aryl methyl sites for hydroxylation is 2. The van der Waals surface area contributed by atoms with E-state index in [0.717, 1.165) is 27.0 Å². The molecule has 22 heavy (non-hydrogen) atoms. The van der Waals surface area contributed by atoms with Crippen LogP contribution in [0.4, 0.5) is 5.69 Å². The number of amides is 1. The zero-order chi connectivity index (χ0) is 16.1. The summed E-state index contributed by atoms with van der Waals surface area (Å²) in [6, 6.07) is 14.1. The Hall–Kier alpha value is -1.26. The molecule has 0 aliphatic carbocycles. The van der Waals surface area contributed by atoms with Gasteiger partial charge in [0.15, 0.2) is 0 Å². The summed E-state index contributed by atoms with van der Waals surface area (Å²) in [5.41, 5.74) is 4.33. The molecule has 0 spiro atoms. The second-order valence-electron chi connectivity index (χ2n) is 5.30. The maximum Gasteiger partial charge on any atom is 0.237 e. The highest BCUT2D eigenvalue weighted by atomic mass is 79.9. The normalized spacial score (nSPS) is 12.0. The average molecular weight is 378 g/mol. The highest BCUT2D eigenvalue weighted by Crippen LogP contribution is 2.25. The molecule has 1 atom stereocenters. The molecule has 0 saturated heterocycles. The van der Waals surface area contributed by atoms with E-state index >= 15 is 0 Å². The van der Waals surface area contributed by atoms with Crippen LogP contribution >= 0.6 is 27.7 Å². The van der Waals surface area contributed by atoms with E-state index in [-0.39, 0.29) is 11.2 Å². The smallest absolute Gasteiger partial charge is 0.237 e. The van der Waals surface area contributed by atoms with Crippen LogP contribution in [0.1, 0.15) is 23.6 Å². The van der Waals surface area contributed by atoms with Crippen molar-refractivity contribution in [3.05, 3.63) is 63.6 Å². The molecule has 0 aliphatic heterocycles. The number of benzene rings is 2. The van der Waals surface area contributed by atoms with Crippen molar-refractivity contribution >= 4 is 39.3 Å². The number of hydrogen-bond acceptors (Lipinski definition) is 2. The molecule has 2 aromatic rings. The first kappa shape index (κ1) is 17.1. The van der Waals surface area contributed by atoms with Gasteiger partial charge in [0.1, 0.15) is 0 Å². The number of para-hydroxylation sites is 1. The lowest BCUT2D eigenvalue weighted by Gasteiger charge is -2.15. The summed E-state index contributed by atoms with van der Waals surface area (Å²) in [5.74, 6) is 0.859. The van der Waals surface area contributed by atoms with Crippen LogP contribution in [0.15, 0.2) is 46.9 Å². The number of hydrogen-bond donors (Lipinski definition) is 1. The average Bonchev–Trinajstić information content (AvgIpc) is 2.49. The Balaban J connectivity index is 1.97. The van der Waals surface area contributed by atoms with E-state index in [2.05, 4.69) is 27.3 Å². The fourth-order valence-electron chi connectivity index (χ4n) is 2.14. The van der Waals surface area contributed by atoms with Crippen LogP contribution in [0.5, 0.6) is 0 Å². The lowest BCUT2D eigenvalue weighted by molar-refractivity contribution is -0.115. The minimum atomic E-state index is -0.105. The molecule has 1 N–H and O–H groups in total. The fraction of sp³-hybridized carbons (Fsp3) is 0.278. The molecule has 0 fully saturated rings. The predicted molar refractivity (Wildman–Crippen MR) is 99.4 cm³/mol. The van der Waals surface area contributed by atoms with Crippen molar-refractivity contribution in [3.8, 4) is 0 Å². The first-order valence-electron chi connectivity index (χ1n) is 7.21. The van der Waals surface area contributed by atoms with Gasteiger partial charge in [0, 0.05) is 15.9 Å². The second-order valence-corrected chi connectivity index (χ2v) is 7.48. The van der Waals surface area contributed by atoms with Gasteiger partial charge in [-0.15, -0.1) is 11.8 Å². The van der Waals surface area contributed by atoms with Gasteiger partial charge >= 0.3 is 0 Å². The van der Waals surface area contributed by atoms with Gasteiger partial charge in [-0.1, -0.05) is 52.3 Å². The lowest BCUT2D eigenvalue weighted by atomic mass is 10.1. The summed E-state index contributed by atoms with van der Waals surface area (Å²) in [5, 5.41) is 2.95. The van der Waals surface area contributed by atoms with E-state index < -0.39 is 0 Å². The highest BCUT2D eigenvalue weighted by molar-refractivity contribution is 9.10. The summed E-state index contributed by atoms with van der Waals surface area (Å²) >= 11 is 5.18. The number of nitrogens with one attached hydrogen (secondary N) is 1. The summed E-state index contributed by atoms with van der Waals surface area (Å²) in [7, 11) is 0. The molecule has 116 valence electrons. The van der Waals surface area contributed by atoms with E-state index in [4.69, 9.17) is 0 Å². The summed E-state index contributed by atoms with van der Waals surface area (Å²) in [4.78, 5) is 12.4. The predicted octanol–water partition coefficient (Wildman–Crippen LogP) is 5.33. The van der Waals surface area contributed by atoms with Crippen molar-refractivity contribution < 1.29 is 4.79 Å². The van der Waals surface area contributed by atoms with Crippen LogP contribution in [0, 0.1) is 13.8 Å². The Labute approximate surface area is 144 Å². The van der Waals surface area contributed by atoms with Crippen molar-refractivity contribution in [1.82, 2.24) is 0 Å². The van der Waals surface area contributed by atoms with Crippen molar-refractivity contribution in [3.63, 3.8) is 0 Å². The molecule has 4 heteroatoms. The molecule has 2 rings (SSSR count). The highest BCUT2D eigenvalue weighted by Gasteiger charge is 2.16. The third-order valence-electron chi connectivity index (χ3n) is 3.55. The molecule has 0 radical (unpaired) electrons. The fourth-order valence-corrected chi connectivity index (χ4v) is 3.64. The van der Waals surface area contributed by atoms with Gasteiger partial charge in [-0.2, -0.15) is 0 Å². The maximum atomic E-state index is 12.4. The van der Waals surface area contributed by atoms with Gasteiger partial charge in [0.05, 0.1) is 5.25 Å². The third-order valence-corrected chi connectivity index (χ3v) is 5.51. The van der Waals surface area contributed by atoms with E-state index in [1.54, 1.807) is 11.8 Å². The van der Waals surface area contributed by atoms with Crippen molar-refractivity contribution in [2.45, 2.75) is 31.8 Å². The standard InChI is InChI=1S/C18H20BrNOS/c1-12-7-6-8-13(2)17(12)20-18(21)14(3)22-11-15-9-4-5-10-16(15)19/h4-10,14H,11H2,1-3H3,(H,20,21)/t14-/m1/s1. The van der Waals surface area contributed by atoms with Gasteiger partial charge in [-0.25, -0.2) is 0 Å². The van der Waals surface area contributed by atoms with Crippen LogP contribution < -0.4 is 5.32 Å². The molecule has 2 aromatic carbocycles. The number of carbonyl (C=O) groups is 1. The first-order chi connectivity index (χ1) is 10.5. The number of anilines is 1. The van der Waals surface area contributed by atoms with Crippen LogP contribution in [0.3, 0.4) is 0 Å². The van der Waals surface area contributed by atoms with Crippen LogP contribution in [0.25, 0.3) is 0 Å². The van der Waals surface area contributed by atoms with Gasteiger partial charge in [-0.05, 0) is 43.5 Å². The van der Waals surface area contributed by atoms with Crippen LogP contribution in [0.2, 0.25) is 0 Å². The molecule has 0 aromatic heterocycles. The Morgan fingerprint density at radius 3 is 2.41 bits per heavy atom. The molecular formula is C18H20BrNOS. The van der Waals surface area contributed by atoms with E-state index in [0.29, 0.717) is 0 Å². The SMILES string of the molecule is Cc1cccc(C)c1NC(=O)[C@@H](C)SCc1ccccc1Br. The number of carbonyl (C=O) groups excluding carboxylic acids is 1. The lowest BCUT2D eigenvalue weighted by Crippen LogP contribution is -2.23. The van der Waals surface area contributed by atoms with Crippen molar-refractivity contribution in [2.75, 3.05) is 5.32 Å². The maximum absolute atomic E-state index is 12.4. The molecule has 0 unspecified atom stereocenters. The molecular weight excluding hydrogens is 358 g/mol. The molecule has 0 heterocycles. The van der Waals surface area contributed by atoms with E-state index in [1.807, 2.05) is 57.2 Å². The van der Waals surface area contributed by atoms with Gasteiger partial charge < -0.3 is 5.32 Å². The minimum Gasteiger partial charge on any atom is -0.325 e. The van der Waals surface area contributed by atoms with Crippen molar-refractivity contribution in [1.29, 1.82) is 0 Å². The first-order valence-corrected chi connectivity index (χ1v) is 9.05. The van der Waals surface area contributed by atoms with E-state index in [9.17, 15) is 4.79 Å². The third kappa shape index (κ3) is 4.37. The second kappa shape index (κ2) is 7.84. The summed E-state index contributed by atoms with van der Waals surface area (Å²) in [6.07, 6.45) is 0. The van der Waals surface area contributed by atoms with Crippen LogP contribution in [-0.4, -0.2) is 11.2 Å². The Morgan fingerprint density at radius 1 is 1.14 bits per heavy atom. The van der Waals surface area contributed by atoms with E-state index in [1.165, 1.54) is 5.56 Å². The number of thioether (sulfide) groups is 1. The van der Waals surface area contributed by atoms with Gasteiger partial charge in [-0.3, -0.25) is 4.79 Å². The summed E-state index contributed by atoms with van der Waals surface area (Å²) < 4.78 is 1.09. The van der Waals surface area contributed by atoms with Crippen molar-refractivity contribution in [2.24, 2.45) is 0 Å². The van der Waals surface area contributed by atoms with Gasteiger partial charge in [0.25, 0.3) is 0 Å². The largest absolute Gasteiger partial charge is 0.325 e. The quantitative estimate of drug-likeness (QED) is 0.762. The molecule has 1 amide bonds.